The lowest BCUT2D eigenvalue weighted by molar-refractivity contribution is -0.299. The first-order valence-corrected chi connectivity index (χ1v) is 21.6. The number of alkyl halides is 1. The van der Waals surface area contributed by atoms with Gasteiger partial charge in [0.1, 0.15) is 23.4 Å². The molecule has 1 aromatic heterocycles. The highest BCUT2D eigenvalue weighted by Gasteiger charge is 2.53. The van der Waals surface area contributed by atoms with Crippen molar-refractivity contribution in [2.45, 2.75) is 160 Å². The fourth-order valence-electron chi connectivity index (χ4n) is 8.66. The number of carbonyl (C=O) groups excluding carboxylic acids is 3. The molecule has 0 aliphatic carbocycles. The lowest BCUT2D eigenvalue weighted by atomic mass is 9.70. The van der Waals surface area contributed by atoms with Gasteiger partial charge in [0.25, 0.3) is 0 Å². The maximum Gasteiger partial charge on any atom is 0.317 e. The topological polar surface area (TPSA) is 205 Å². The second-order valence-electron chi connectivity index (χ2n) is 18.0. The summed E-state index contributed by atoms with van der Waals surface area (Å²) in [4.78, 5) is 57.9. The molecule has 3 fully saturated rings. The number of rotatable bonds is 6. The van der Waals surface area contributed by atoms with Crippen molar-refractivity contribution in [1.82, 2.24) is 9.88 Å². The number of fused-ring (bicyclic) bond motifs is 5. The SMILES string of the molecule is CC(=O)/N=C1\[C@H](C)C[C@@]2(C)OC/C(=N/OCc3cccc(N)n3)CC[C@H]([C@H]1C)[C@](C)(O)[C@@H](I)OC(=O)[C@H](C)C(=O)[C@H](C)[C@H]2O[C@@H]1O[C@H](C)C[C@H](N(C)C(C)(C)C)[C@H]1O. The molecule has 0 saturated carbocycles. The lowest BCUT2D eigenvalue weighted by Gasteiger charge is -2.49. The number of hydrogen-bond donors (Lipinski definition) is 3. The summed E-state index contributed by atoms with van der Waals surface area (Å²) in [5.41, 5.74) is 4.15. The number of nitrogen functional groups attached to an aromatic ring is 1. The van der Waals surface area contributed by atoms with Gasteiger partial charge in [0, 0.05) is 36.1 Å². The molecule has 0 aromatic carbocycles. The van der Waals surface area contributed by atoms with Crippen LogP contribution < -0.4 is 5.73 Å². The Morgan fingerprint density at radius 2 is 1.81 bits per heavy atom. The van der Waals surface area contributed by atoms with Gasteiger partial charge in [-0.25, -0.2) is 9.98 Å². The number of aliphatic hydroxyl groups excluding tert-OH is 1. The van der Waals surface area contributed by atoms with E-state index in [-0.39, 0.29) is 43.7 Å². The summed E-state index contributed by atoms with van der Waals surface area (Å²) in [6.07, 6.45) is -2.44. The number of halogens is 1. The zero-order valence-corrected chi connectivity index (χ0v) is 38.4. The van der Waals surface area contributed by atoms with Gasteiger partial charge >= 0.3 is 5.97 Å². The Morgan fingerprint density at radius 3 is 2.43 bits per heavy atom. The highest BCUT2D eigenvalue weighted by atomic mass is 127. The van der Waals surface area contributed by atoms with Crippen molar-refractivity contribution in [3.05, 3.63) is 23.9 Å². The zero-order chi connectivity index (χ0) is 43.5. The van der Waals surface area contributed by atoms with Crippen LogP contribution in [0.15, 0.2) is 28.3 Å². The Hall–Kier alpha value is -2.61. The van der Waals surface area contributed by atoms with E-state index >= 15 is 0 Å². The third kappa shape index (κ3) is 11.4. The number of ether oxygens (including phenoxy) is 4. The van der Waals surface area contributed by atoms with Gasteiger partial charge in [-0.05, 0) is 128 Å². The number of pyridine rings is 1. The predicted molar refractivity (Wildman–Crippen MR) is 228 cm³/mol. The number of amides is 1. The Kier molecular flexibility index (Phi) is 16.1. The van der Waals surface area contributed by atoms with E-state index < -0.39 is 81.1 Å². The van der Waals surface area contributed by atoms with Gasteiger partial charge in [0.05, 0.1) is 35.8 Å². The number of ketones is 1. The van der Waals surface area contributed by atoms with Crippen molar-refractivity contribution >= 4 is 57.5 Å². The number of aliphatic imine (C=N–C) groups is 1. The predicted octanol–water partition coefficient (Wildman–Crippen LogP) is 5.26. The third-order valence-corrected chi connectivity index (χ3v) is 13.8. The average Bonchev–Trinajstić information content (AvgIpc) is 3.14. The van der Waals surface area contributed by atoms with Crippen LogP contribution in [0.25, 0.3) is 0 Å². The number of oxime groups is 1. The molecule has 326 valence electrons. The molecule has 1 aromatic rings. The summed E-state index contributed by atoms with van der Waals surface area (Å²) in [5, 5.41) is 28.8. The molecule has 2 bridgehead atoms. The highest BCUT2D eigenvalue weighted by molar-refractivity contribution is 14.1. The quantitative estimate of drug-likeness (QED) is 0.110. The van der Waals surface area contributed by atoms with Crippen molar-refractivity contribution in [1.29, 1.82) is 0 Å². The summed E-state index contributed by atoms with van der Waals surface area (Å²) in [6, 6.07) is 4.86. The number of Topliss-reactive ketones (excluding diaryl/α,β-unsaturated/α-hetero) is 1. The van der Waals surface area contributed by atoms with Gasteiger partial charge in [-0.3, -0.25) is 19.3 Å². The van der Waals surface area contributed by atoms with Gasteiger partial charge in [-0.1, -0.05) is 32.0 Å². The van der Waals surface area contributed by atoms with E-state index in [1.54, 1.807) is 32.0 Å². The number of nitrogens with two attached hydrogens (primary N) is 1. The van der Waals surface area contributed by atoms with Crippen LogP contribution in [0.4, 0.5) is 5.82 Å². The molecule has 3 saturated heterocycles. The van der Waals surface area contributed by atoms with Gasteiger partial charge < -0.3 is 39.7 Å². The minimum Gasteiger partial charge on any atom is -0.448 e. The maximum atomic E-state index is 14.5. The number of carbonyl (C=O) groups is 3. The Bertz CT molecular complexity index is 1690. The van der Waals surface area contributed by atoms with Crippen LogP contribution >= 0.6 is 22.6 Å². The van der Waals surface area contributed by atoms with E-state index in [9.17, 15) is 24.6 Å². The van der Waals surface area contributed by atoms with Crippen molar-refractivity contribution in [2.24, 2.45) is 39.7 Å². The third-order valence-electron chi connectivity index (χ3n) is 12.3. The van der Waals surface area contributed by atoms with Crippen LogP contribution in [-0.2, 0) is 44.8 Å². The smallest absolute Gasteiger partial charge is 0.317 e. The Morgan fingerprint density at radius 1 is 1.14 bits per heavy atom. The van der Waals surface area contributed by atoms with Gasteiger partial charge in [0.2, 0.25) is 5.91 Å². The largest absolute Gasteiger partial charge is 0.448 e. The van der Waals surface area contributed by atoms with Gasteiger partial charge in [-0.15, -0.1) is 0 Å². The number of aromatic nitrogens is 1. The van der Waals surface area contributed by atoms with Gasteiger partial charge in [-0.2, -0.15) is 0 Å². The Labute approximate surface area is 357 Å². The van der Waals surface area contributed by atoms with Crippen molar-refractivity contribution in [2.75, 3.05) is 19.4 Å². The molecule has 13 atom stereocenters. The van der Waals surface area contributed by atoms with Crippen molar-refractivity contribution in [3.8, 4) is 0 Å². The molecule has 16 heteroatoms. The fraction of sp³-hybridized carbons (Fsp3) is 0.762. The number of aliphatic hydroxyl groups is 2. The number of cyclic esters (lactones) is 1. The zero-order valence-electron chi connectivity index (χ0n) is 36.2. The maximum absolute atomic E-state index is 14.5. The summed E-state index contributed by atoms with van der Waals surface area (Å²) in [6.45, 7) is 19.8. The summed E-state index contributed by atoms with van der Waals surface area (Å²) >= 11 is 1.90. The van der Waals surface area contributed by atoms with E-state index in [2.05, 4.69) is 40.8 Å². The monoisotopic (exact) mass is 927 g/mol. The first kappa shape index (κ1) is 48.1. The first-order valence-electron chi connectivity index (χ1n) is 20.3. The Balaban J connectivity index is 1.92. The molecule has 4 heterocycles. The van der Waals surface area contributed by atoms with E-state index in [1.807, 2.05) is 57.3 Å². The molecule has 0 radical (unpaired) electrons. The molecule has 0 unspecified atom stereocenters. The van der Waals surface area contributed by atoms with Crippen LogP contribution in [0.1, 0.15) is 108 Å². The van der Waals surface area contributed by atoms with Crippen LogP contribution in [0, 0.1) is 29.6 Å². The summed E-state index contributed by atoms with van der Waals surface area (Å²) in [7, 11) is 1.95. The molecule has 15 nitrogen and oxygen atoms in total. The number of likely N-dealkylation sites (N-methyl/N-ethyl adjacent to an activating group) is 1. The molecule has 3 aliphatic heterocycles. The molecule has 4 rings (SSSR count). The standard InChI is InChI=1S/C42H66IN5O10/c1-22-19-41(10)36(57-38-35(51)31(18-23(2)56-38)48(12)40(7,8)9)25(4)34(50)26(5)37(52)58-39(43)42(11,53)30(24(3)33(22)45-27(6)49)17-16-29(20-54-41)47-55-21-28-14-13-15-32(44)46-28/h13-15,22-26,30-31,35-36,38-39,51,53H,16-21H2,1-12H3,(H2,44,46)/b45-33+,47-29+/t22-,23-,24-,25+,26-,30-,31+,35-,36-,38+,39+,41-,42+/m1/s1. The molecular formula is C42H66IN5O10. The minimum atomic E-state index is -1.66. The highest BCUT2D eigenvalue weighted by Crippen LogP contribution is 2.43. The fourth-order valence-corrected chi connectivity index (χ4v) is 9.37. The van der Waals surface area contributed by atoms with Crippen LogP contribution in [-0.4, -0.2) is 114 Å². The molecule has 58 heavy (non-hydrogen) atoms. The summed E-state index contributed by atoms with van der Waals surface area (Å²) in [5.74, 6) is -5.21. The average molecular weight is 928 g/mol. The van der Waals surface area contributed by atoms with Crippen LogP contribution in [0.2, 0.25) is 0 Å². The van der Waals surface area contributed by atoms with E-state index in [4.69, 9.17) is 29.5 Å². The van der Waals surface area contributed by atoms with Crippen LogP contribution in [0.3, 0.4) is 0 Å². The second-order valence-corrected chi connectivity index (χ2v) is 19.2. The number of anilines is 1. The number of esters is 1. The van der Waals surface area contributed by atoms with Crippen molar-refractivity contribution < 1.29 is 48.4 Å². The molecule has 1 amide bonds. The minimum absolute atomic E-state index is 0.0238. The van der Waals surface area contributed by atoms with Crippen molar-refractivity contribution in [3.63, 3.8) is 0 Å². The molecule has 3 aliphatic rings. The van der Waals surface area contributed by atoms with E-state index in [0.29, 0.717) is 35.8 Å². The lowest BCUT2D eigenvalue weighted by Crippen LogP contribution is -2.62. The van der Waals surface area contributed by atoms with Gasteiger partial charge in [0.15, 0.2) is 22.8 Å². The molecule has 0 spiro atoms. The summed E-state index contributed by atoms with van der Waals surface area (Å²) < 4.78 is 24.9. The molecule has 4 N–H and O–H groups in total. The molecular weight excluding hydrogens is 861 g/mol. The van der Waals surface area contributed by atoms with E-state index in [1.165, 1.54) is 13.8 Å². The first-order chi connectivity index (χ1) is 26.9. The van der Waals surface area contributed by atoms with Crippen LogP contribution in [0.5, 0.6) is 0 Å². The van der Waals surface area contributed by atoms with E-state index in [0.717, 1.165) is 0 Å². The second kappa shape index (κ2) is 19.4. The number of hydrogen-bond acceptors (Lipinski definition) is 14. The number of nitrogens with zero attached hydrogens (tertiary/aromatic N) is 4. The normalized spacial score (nSPS) is 38.8.